The van der Waals surface area contributed by atoms with Crippen LogP contribution in [0.5, 0.6) is 0 Å². The molecule has 0 spiro atoms. The van der Waals surface area contributed by atoms with E-state index in [1.54, 1.807) is 33.8 Å². The average molecular weight is 477 g/mol. The molecule has 5 nitrogen and oxygen atoms in total. The maximum atomic E-state index is 13.5. The second kappa shape index (κ2) is 8.89. The smallest absolute Gasteiger partial charge is 0.437 e. The first-order chi connectivity index (χ1) is 14.9. The van der Waals surface area contributed by atoms with Crippen LogP contribution in [0.25, 0.3) is 16.7 Å². The third-order valence-electron chi connectivity index (χ3n) is 5.43. The number of carbonyl (C=O) groups excluding carboxylic acids is 2. The number of methoxy groups -OCH3 is 1. The zero-order valence-electron chi connectivity index (χ0n) is 19.0. The van der Waals surface area contributed by atoms with Crippen LogP contribution in [0, 0.1) is 0 Å². The predicted octanol–water partition coefficient (Wildman–Crippen LogP) is 6.87. The van der Waals surface area contributed by atoms with Crippen molar-refractivity contribution in [2.75, 3.05) is 7.11 Å². The lowest BCUT2D eigenvalue weighted by molar-refractivity contribution is -0.158. The number of hydrogen-bond acceptors (Lipinski definition) is 5. The van der Waals surface area contributed by atoms with E-state index in [1.165, 1.54) is 7.11 Å². The molecule has 7 heteroatoms. The standard InChI is InChI=1S/C25H26Cl2O5/c1-7-14-13-15(17-9-8-10-18(26)20(17)27)11-12-16(14)19-21(28)24(2,3)32-25(4,5)22(19)31-23(29)30-6/h8-13H,7H2,1-6H3. The molecule has 0 aliphatic carbocycles. The Bertz CT molecular complexity index is 1120. The monoisotopic (exact) mass is 476 g/mol. The molecule has 1 aliphatic heterocycles. The van der Waals surface area contributed by atoms with Crippen LogP contribution in [-0.2, 0) is 25.4 Å². The van der Waals surface area contributed by atoms with Gasteiger partial charge in [0.15, 0.2) is 11.5 Å². The lowest BCUT2D eigenvalue weighted by Gasteiger charge is -2.41. The average Bonchev–Trinajstić information content (AvgIpc) is 2.73. The van der Waals surface area contributed by atoms with E-state index in [1.807, 2.05) is 37.3 Å². The molecular formula is C25H26Cl2O5. The molecule has 2 aromatic rings. The Morgan fingerprint density at radius 1 is 1.03 bits per heavy atom. The third kappa shape index (κ3) is 4.42. The molecule has 1 aliphatic rings. The van der Waals surface area contributed by atoms with E-state index in [0.717, 1.165) is 16.7 Å². The highest BCUT2D eigenvalue weighted by Gasteiger charge is 2.49. The summed E-state index contributed by atoms with van der Waals surface area (Å²) in [6.45, 7) is 8.91. The number of benzene rings is 2. The Labute approximate surface area is 198 Å². The summed E-state index contributed by atoms with van der Waals surface area (Å²) in [6, 6.07) is 11.1. The highest BCUT2D eigenvalue weighted by Crippen LogP contribution is 2.43. The Balaban J connectivity index is 2.27. The van der Waals surface area contributed by atoms with Crippen molar-refractivity contribution in [2.24, 2.45) is 0 Å². The molecule has 3 rings (SSSR count). The van der Waals surface area contributed by atoms with Crippen molar-refractivity contribution in [1.29, 1.82) is 0 Å². The fourth-order valence-electron chi connectivity index (χ4n) is 4.00. The molecule has 0 amide bonds. The SMILES string of the molecule is CCc1cc(-c2cccc(Cl)c2Cl)ccc1C1=C(OC(=O)OC)C(C)(C)OC(C)(C)C1=O. The predicted molar refractivity (Wildman–Crippen MR) is 126 cm³/mol. The molecule has 32 heavy (non-hydrogen) atoms. The van der Waals surface area contributed by atoms with Gasteiger partial charge in [-0.15, -0.1) is 0 Å². The Kier molecular flexibility index (Phi) is 6.75. The van der Waals surface area contributed by atoms with Gasteiger partial charge in [-0.05, 0) is 56.9 Å². The highest BCUT2D eigenvalue weighted by atomic mass is 35.5. The zero-order valence-corrected chi connectivity index (χ0v) is 20.5. The van der Waals surface area contributed by atoms with Crippen LogP contribution in [0.3, 0.4) is 0 Å². The van der Waals surface area contributed by atoms with Crippen LogP contribution < -0.4 is 0 Å². The summed E-state index contributed by atoms with van der Waals surface area (Å²) in [5, 5.41) is 0.924. The van der Waals surface area contributed by atoms with Gasteiger partial charge in [0.25, 0.3) is 0 Å². The van der Waals surface area contributed by atoms with Crippen molar-refractivity contribution < 1.29 is 23.8 Å². The summed E-state index contributed by atoms with van der Waals surface area (Å²) < 4.78 is 16.2. The number of Topliss-reactive ketones (excluding diaryl/α,β-unsaturated/α-hetero) is 1. The minimum absolute atomic E-state index is 0.122. The summed E-state index contributed by atoms with van der Waals surface area (Å²) in [5.74, 6) is -0.157. The summed E-state index contributed by atoms with van der Waals surface area (Å²) in [4.78, 5) is 25.5. The number of rotatable bonds is 4. The summed E-state index contributed by atoms with van der Waals surface area (Å²) >= 11 is 12.6. The normalized spacial score (nSPS) is 17.3. The first-order valence-electron chi connectivity index (χ1n) is 10.3. The molecule has 0 saturated heterocycles. The molecule has 0 bridgehead atoms. The first kappa shape index (κ1) is 24.3. The van der Waals surface area contributed by atoms with Gasteiger partial charge < -0.3 is 14.2 Å². The largest absolute Gasteiger partial charge is 0.513 e. The molecule has 0 saturated carbocycles. The summed E-state index contributed by atoms with van der Waals surface area (Å²) in [7, 11) is 1.21. The summed E-state index contributed by atoms with van der Waals surface area (Å²) in [6.07, 6.45) is -0.284. The maximum absolute atomic E-state index is 13.5. The Hall–Kier alpha value is -2.34. The van der Waals surface area contributed by atoms with E-state index in [-0.39, 0.29) is 11.5 Å². The van der Waals surface area contributed by atoms with E-state index in [2.05, 4.69) is 4.74 Å². The van der Waals surface area contributed by atoms with Crippen molar-refractivity contribution in [3.05, 3.63) is 63.3 Å². The van der Waals surface area contributed by atoms with Crippen LogP contribution in [0.15, 0.2) is 42.2 Å². The number of carbonyl (C=O) groups is 2. The number of ether oxygens (including phenoxy) is 3. The van der Waals surface area contributed by atoms with Gasteiger partial charge in [0.05, 0.1) is 22.7 Å². The molecule has 0 aromatic heterocycles. The summed E-state index contributed by atoms with van der Waals surface area (Å²) in [5.41, 5.74) is 1.37. The van der Waals surface area contributed by atoms with E-state index < -0.39 is 17.4 Å². The third-order valence-corrected chi connectivity index (χ3v) is 6.25. The molecule has 2 aromatic carbocycles. The van der Waals surface area contributed by atoms with Gasteiger partial charge in [0, 0.05) is 5.56 Å². The molecule has 1 heterocycles. The van der Waals surface area contributed by atoms with Crippen LogP contribution in [-0.4, -0.2) is 30.3 Å². The van der Waals surface area contributed by atoms with Gasteiger partial charge in [-0.2, -0.15) is 0 Å². The number of hydrogen-bond donors (Lipinski definition) is 0. The van der Waals surface area contributed by atoms with Gasteiger partial charge in [-0.3, -0.25) is 4.79 Å². The zero-order chi connectivity index (χ0) is 23.8. The van der Waals surface area contributed by atoms with Gasteiger partial charge >= 0.3 is 6.16 Å². The highest BCUT2D eigenvalue weighted by molar-refractivity contribution is 6.43. The molecule has 0 radical (unpaired) electrons. The first-order valence-corrected chi connectivity index (χ1v) is 11.0. The van der Waals surface area contributed by atoms with Crippen LogP contribution in [0.2, 0.25) is 10.0 Å². The van der Waals surface area contributed by atoms with Gasteiger partial charge in [-0.25, -0.2) is 4.79 Å². The second-order valence-electron chi connectivity index (χ2n) is 8.54. The Morgan fingerprint density at radius 2 is 1.72 bits per heavy atom. The molecule has 0 fully saturated rings. The minimum Gasteiger partial charge on any atom is -0.437 e. The lowest BCUT2D eigenvalue weighted by atomic mass is 9.81. The van der Waals surface area contributed by atoms with Crippen molar-refractivity contribution in [2.45, 2.75) is 52.2 Å². The van der Waals surface area contributed by atoms with Crippen molar-refractivity contribution in [3.63, 3.8) is 0 Å². The fourth-order valence-corrected chi connectivity index (χ4v) is 4.41. The quantitative estimate of drug-likeness (QED) is 0.450. The molecule has 0 atom stereocenters. The van der Waals surface area contributed by atoms with Crippen LogP contribution >= 0.6 is 23.2 Å². The molecule has 0 N–H and O–H groups in total. The van der Waals surface area contributed by atoms with E-state index in [0.29, 0.717) is 27.6 Å². The molecule has 0 unspecified atom stereocenters. The number of ketones is 1. The van der Waals surface area contributed by atoms with Gasteiger partial charge in [0.2, 0.25) is 0 Å². The lowest BCUT2D eigenvalue weighted by Crippen LogP contribution is -2.50. The second-order valence-corrected chi connectivity index (χ2v) is 9.32. The molecular weight excluding hydrogens is 451 g/mol. The minimum atomic E-state index is -1.11. The molecule has 170 valence electrons. The topological polar surface area (TPSA) is 61.8 Å². The van der Waals surface area contributed by atoms with E-state index in [9.17, 15) is 9.59 Å². The van der Waals surface area contributed by atoms with Crippen LogP contribution in [0.4, 0.5) is 4.79 Å². The fraction of sp³-hybridized carbons (Fsp3) is 0.360. The van der Waals surface area contributed by atoms with Crippen molar-refractivity contribution in [1.82, 2.24) is 0 Å². The Morgan fingerprint density at radius 3 is 2.34 bits per heavy atom. The number of aryl methyl sites for hydroxylation is 1. The van der Waals surface area contributed by atoms with Gasteiger partial charge in [0.1, 0.15) is 11.2 Å². The van der Waals surface area contributed by atoms with E-state index >= 15 is 0 Å². The van der Waals surface area contributed by atoms with E-state index in [4.69, 9.17) is 32.7 Å². The number of halogens is 2. The van der Waals surface area contributed by atoms with Crippen molar-refractivity contribution in [3.8, 4) is 11.1 Å². The van der Waals surface area contributed by atoms with Crippen LogP contribution in [0.1, 0.15) is 45.7 Å². The maximum Gasteiger partial charge on any atom is 0.513 e. The van der Waals surface area contributed by atoms with Gasteiger partial charge in [-0.1, -0.05) is 60.5 Å². The van der Waals surface area contributed by atoms with Crippen molar-refractivity contribution >= 4 is 40.7 Å².